The van der Waals surface area contributed by atoms with E-state index in [1.165, 1.54) is 4.90 Å². The van der Waals surface area contributed by atoms with Crippen LogP contribution in [0.4, 0.5) is 8.68 Å². The Morgan fingerprint density at radius 1 is 1.35 bits per heavy atom. The number of rotatable bonds is 5. The summed E-state index contributed by atoms with van der Waals surface area (Å²) < 4.78 is 38.0. The average Bonchev–Trinajstić information content (AvgIpc) is 2.07. The molecule has 7 heteroatoms. The molecule has 0 unspecified atom stereocenters. The van der Waals surface area contributed by atoms with Gasteiger partial charge < -0.3 is 9.64 Å². The molecular weight excluding hydrogens is 249 g/mol. The second-order valence-corrected chi connectivity index (χ2v) is 6.14. The van der Waals surface area contributed by atoms with Crippen molar-refractivity contribution in [3.63, 3.8) is 0 Å². The first kappa shape index (κ1) is 16.1. The van der Waals surface area contributed by atoms with Crippen LogP contribution in [0.3, 0.4) is 0 Å². The van der Waals surface area contributed by atoms with Crippen molar-refractivity contribution in [2.75, 3.05) is 18.8 Å². The Balaban J connectivity index is 4.20. The lowest BCUT2D eigenvalue weighted by Gasteiger charge is -2.26. The van der Waals surface area contributed by atoms with Crippen LogP contribution in [0.25, 0.3) is 0 Å². The van der Waals surface area contributed by atoms with E-state index >= 15 is 0 Å². The van der Waals surface area contributed by atoms with Crippen LogP contribution in [0.2, 0.25) is 0 Å². The molecule has 0 bridgehead atoms. The Labute approximate surface area is 102 Å². The van der Waals surface area contributed by atoms with Crippen LogP contribution < -0.4 is 0 Å². The van der Waals surface area contributed by atoms with E-state index in [9.17, 15) is 17.1 Å². The fourth-order valence-electron chi connectivity index (χ4n) is 1.13. The maximum atomic E-state index is 12.3. The molecule has 0 aromatic heterocycles. The maximum absolute atomic E-state index is 12.3. The molecule has 102 valence electrons. The largest absolute Gasteiger partial charge is 0.444 e. The summed E-state index contributed by atoms with van der Waals surface area (Å²) in [6, 6.07) is 0. The minimum Gasteiger partial charge on any atom is -0.444 e. The summed E-state index contributed by atoms with van der Waals surface area (Å²) in [5.74, 6) is -0.577. The molecule has 17 heavy (non-hydrogen) atoms. The van der Waals surface area contributed by atoms with Crippen molar-refractivity contribution in [2.45, 2.75) is 39.7 Å². The summed E-state index contributed by atoms with van der Waals surface area (Å²) in [4.78, 5) is 12.9. The number of hydrogen-bond acceptors (Lipinski definition) is 4. The summed E-state index contributed by atoms with van der Waals surface area (Å²) in [7, 11) is -4.47. The van der Waals surface area contributed by atoms with Crippen LogP contribution in [0.15, 0.2) is 0 Å². The van der Waals surface area contributed by atoms with Gasteiger partial charge in [-0.25, -0.2) is 4.79 Å². The van der Waals surface area contributed by atoms with Gasteiger partial charge in [-0.05, 0) is 34.1 Å². The van der Waals surface area contributed by atoms with E-state index in [0.717, 1.165) is 0 Å². The van der Waals surface area contributed by atoms with Crippen molar-refractivity contribution in [1.82, 2.24) is 4.90 Å². The van der Waals surface area contributed by atoms with Crippen LogP contribution in [0, 0.1) is 0 Å². The normalized spacial score (nSPS) is 12.3. The van der Waals surface area contributed by atoms with Crippen molar-refractivity contribution in [3.8, 4) is 0 Å². The fraction of sp³-hybridized carbons (Fsp3) is 0.900. The SMILES string of the molecule is CCN(CCCS(=O)(=O)F)C(=O)OC(C)(C)C. The average molecular weight is 269 g/mol. The first-order valence-electron chi connectivity index (χ1n) is 5.45. The Hall–Kier alpha value is -0.850. The highest BCUT2D eigenvalue weighted by molar-refractivity contribution is 7.86. The molecule has 0 spiro atoms. The molecule has 0 saturated heterocycles. The van der Waals surface area contributed by atoms with Gasteiger partial charge in [-0.3, -0.25) is 0 Å². The van der Waals surface area contributed by atoms with Gasteiger partial charge in [-0.2, -0.15) is 8.42 Å². The molecule has 0 N–H and O–H groups in total. The highest BCUT2D eigenvalue weighted by atomic mass is 32.3. The van der Waals surface area contributed by atoms with Gasteiger partial charge in [-0.15, -0.1) is 3.89 Å². The molecule has 0 atom stereocenters. The standard InChI is InChI=1S/C10H20FNO4S/c1-5-12(7-6-8-17(11,14)15)9(13)16-10(2,3)4/h5-8H2,1-4H3. The van der Waals surface area contributed by atoms with Gasteiger partial charge in [0.1, 0.15) is 5.60 Å². The van der Waals surface area contributed by atoms with Crippen LogP contribution in [-0.2, 0) is 15.0 Å². The number of halogens is 1. The molecule has 0 aliphatic carbocycles. The molecule has 0 saturated carbocycles. The summed E-state index contributed by atoms with van der Waals surface area (Å²) in [6.07, 6.45) is -0.456. The molecule has 0 aromatic rings. The topological polar surface area (TPSA) is 63.7 Å². The molecule has 0 fully saturated rings. The minimum atomic E-state index is -4.47. The Kier molecular flexibility index (Phi) is 5.87. The number of nitrogens with zero attached hydrogens (tertiary/aromatic N) is 1. The van der Waals surface area contributed by atoms with E-state index in [4.69, 9.17) is 4.74 Å². The zero-order chi connectivity index (χ0) is 13.7. The summed E-state index contributed by atoms with van der Waals surface area (Å²) in [5.41, 5.74) is -0.601. The van der Waals surface area contributed by atoms with E-state index in [1.54, 1.807) is 27.7 Å². The second kappa shape index (κ2) is 6.18. The van der Waals surface area contributed by atoms with E-state index in [-0.39, 0.29) is 13.0 Å². The molecular formula is C10H20FNO4S. The third-order valence-electron chi connectivity index (χ3n) is 1.85. The Bertz CT molecular complexity index is 348. The van der Waals surface area contributed by atoms with Gasteiger partial charge in [0.25, 0.3) is 0 Å². The van der Waals surface area contributed by atoms with E-state index < -0.39 is 27.7 Å². The van der Waals surface area contributed by atoms with Gasteiger partial charge in [0.2, 0.25) is 0 Å². The monoisotopic (exact) mass is 269 g/mol. The summed E-state index contributed by atoms with van der Waals surface area (Å²) in [6.45, 7) is 7.52. The highest BCUT2D eigenvalue weighted by Gasteiger charge is 2.21. The van der Waals surface area contributed by atoms with Gasteiger partial charge in [0.15, 0.2) is 0 Å². The zero-order valence-corrected chi connectivity index (χ0v) is 11.5. The number of hydrogen-bond donors (Lipinski definition) is 0. The van der Waals surface area contributed by atoms with Crippen LogP contribution in [0.1, 0.15) is 34.1 Å². The van der Waals surface area contributed by atoms with Crippen molar-refractivity contribution in [3.05, 3.63) is 0 Å². The number of amides is 1. The third-order valence-corrected chi connectivity index (χ3v) is 2.63. The Morgan fingerprint density at radius 3 is 2.24 bits per heavy atom. The van der Waals surface area contributed by atoms with Crippen LogP contribution >= 0.6 is 0 Å². The fourth-order valence-corrected chi connectivity index (χ4v) is 1.61. The molecule has 0 aromatic carbocycles. The number of carbonyl (C=O) groups is 1. The lowest BCUT2D eigenvalue weighted by atomic mass is 10.2. The first-order valence-corrected chi connectivity index (χ1v) is 7.00. The molecule has 0 aliphatic heterocycles. The van der Waals surface area contributed by atoms with Gasteiger partial charge >= 0.3 is 16.3 Å². The molecule has 1 amide bonds. The number of carbonyl (C=O) groups excluding carboxylic acids is 1. The first-order chi connectivity index (χ1) is 7.55. The molecule has 0 radical (unpaired) electrons. The third kappa shape index (κ3) is 8.91. The zero-order valence-electron chi connectivity index (χ0n) is 10.7. The van der Waals surface area contributed by atoms with Gasteiger partial charge in [-0.1, -0.05) is 0 Å². The minimum absolute atomic E-state index is 0.0614. The lowest BCUT2D eigenvalue weighted by molar-refractivity contribution is 0.0260. The van der Waals surface area contributed by atoms with Crippen LogP contribution in [0.5, 0.6) is 0 Å². The lowest BCUT2D eigenvalue weighted by Crippen LogP contribution is -2.37. The molecule has 0 heterocycles. The van der Waals surface area contributed by atoms with E-state index in [1.807, 2.05) is 0 Å². The molecule has 0 aliphatic rings. The Morgan fingerprint density at radius 2 is 1.88 bits per heavy atom. The number of ether oxygens (including phenoxy) is 1. The van der Waals surface area contributed by atoms with Gasteiger partial charge in [0.05, 0.1) is 5.75 Å². The molecule has 0 rings (SSSR count). The molecule has 5 nitrogen and oxygen atoms in total. The quantitative estimate of drug-likeness (QED) is 0.715. The predicted octanol–water partition coefficient (Wildman–Crippen LogP) is 1.93. The van der Waals surface area contributed by atoms with Crippen molar-refractivity contribution >= 4 is 16.3 Å². The van der Waals surface area contributed by atoms with E-state index in [0.29, 0.717) is 6.54 Å². The van der Waals surface area contributed by atoms with Gasteiger partial charge in [0, 0.05) is 13.1 Å². The smallest absolute Gasteiger partial charge is 0.410 e. The second-order valence-electron chi connectivity index (χ2n) is 4.66. The van der Waals surface area contributed by atoms with Crippen molar-refractivity contribution < 1.29 is 21.8 Å². The predicted molar refractivity (Wildman–Crippen MR) is 63.0 cm³/mol. The van der Waals surface area contributed by atoms with E-state index in [2.05, 4.69) is 0 Å². The summed E-state index contributed by atoms with van der Waals surface area (Å²) in [5, 5.41) is 0. The van der Waals surface area contributed by atoms with Crippen LogP contribution in [-0.4, -0.2) is 43.9 Å². The summed E-state index contributed by atoms with van der Waals surface area (Å²) >= 11 is 0. The maximum Gasteiger partial charge on any atom is 0.410 e. The van der Waals surface area contributed by atoms with Crippen molar-refractivity contribution in [2.24, 2.45) is 0 Å². The van der Waals surface area contributed by atoms with Crippen molar-refractivity contribution in [1.29, 1.82) is 0 Å². The highest BCUT2D eigenvalue weighted by Crippen LogP contribution is 2.10.